The number of carbonyl (C=O) groups is 2. The third-order valence-electron chi connectivity index (χ3n) is 6.89. The fourth-order valence-corrected chi connectivity index (χ4v) is 5.10. The van der Waals surface area contributed by atoms with Gasteiger partial charge < -0.3 is 15.4 Å². The SMILES string of the molecule is O=C(NCCNC(=O)C1(CCCc2ccccc2)c2ccccc2Oc2ccccc21)c1ccccc1. The Morgan fingerprint density at radius 2 is 1.19 bits per heavy atom. The van der Waals surface area contributed by atoms with Gasteiger partial charge in [-0.25, -0.2) is 0 Å². The van der Waals surface area contributed by atoms with Crippen LogP contribution in [0, 0.1) is 0 Å². The highest BCUT2D eigenvalue weighted by Gasteiger charge is 2.47. The predicted molar refractivity (Wildman–Crippen MR) is 145 cm³/mol. The smallest absolute Gasteiger partial charge is 0.251 e. The molecule has 0 bridgehead atoms. The third kappa shape index (κ3) is 5.12. The molecular weight excluding hydrogens is 460 g/mol. The summed E-state index contributed by atoms with van der Waals surface area (Å²) >= 11 is 0. The number of fused-ring (bicyclic) bond motifs is 2. The summed E-state index contributed by atoms with van der Waals surface area (Å²) in [5.74, 6) is 1.16. The molecule has 0 radical (unpaired) electrons. The number of benzene rings is 4. The standard InChI is InChI=1S/C32H30N2O3/c35-30(25-15-5-2-6-16-25)33-22-23-34-31(36)32(21-11-14-24-12-3-1-4-13-24)26-17-7-9-19-28(26)37-29-20-10-8-18-27(29)32/h1-10,12-13,15-20H,11,14,21-23H2,(H,33,35)(H,34,36). The zero-order valence-corrected chi connectivity index (χ0v) is 20.7. The van der Waals surface area contributed by atoms with E-state index in [1.807, 2.05) is 84.9 Å². The highest BCUT2D eigenvalue weighted by atomic mass is 16.5. The minimum absolute atomic E-state index is 0.0854. The molecule has 1 heterocycles. The fraction of sp³-hybridized carbons (Fsp3) is 0.188. The molecule has 5 rings (SSSR count). The number of para-hydroxylation sites is 2. The number of aryl methyl sites for hydroxylation is 1. The quantitative estimate of drug-likeness (QED) is 0.298. The van der Waals surface area contributed by atoms with Crippen LogP contribution in [0.2, 0.25) is 0 Å². The van der Waals surface area contributed by atoms with Gasteiger partial charge in [0.15, 0.2) is 0 Å². The van der Waals surface area contributed by atoms with E-state index in [9.17, 15) is 9.59 Å². The molecule has 5 heteroatoms. The van der Waals surface area contributed by atoms with Crippen molar-refractivity contribution in [2.45, 2.75) is 24.7 Å². The molecule has 2 N–H and O–H groups in total. The second-order valence-corrected chi connectivity index (χ2v) is 9.22. The van der Waals surface area contributed by atoms with Crippen molar-refractivity contribution >= 4 is 11.8 Å². The average Bonchev–Trinajstić information content (AvgIpc) is 2.95. The molecule has 186 valence electrons. The largest absolute Gasteiger partial charge is 0.457 e. The Kier molecular flexibility index (Phi) is 7.31. The molecule has 0 unspecified atom stereocenters. The van der Waals surface area contributed by atoms with Crippen molar-refractivity contribution in [2.24, 2.45) is 0 Å². The molecule has 2 amide bonds. The summed E-state index contributed by atoms with van der Waals surface area (Å²) in [6.07, 6.45) is 2.32. The van der Waals surface area contributed by atoms with E-state index in [2.05, 4.69) is 22.8 Å². The Morgan fingerprint density at radius 1 is 0.649 bits per heavy atom. The van der Waals surface area contributed by atoms with Crippen LogP contribution in [0.5, 0.6) is 11.5 Å². The molecule has 0 aliphatic carbocycles. The number of carbonyl (C=O) groups excluding carboxylic acids is 2. The van der Waals surface area contributed by atoms with Crippen molar-refractivity contribution in [3.8, 4) is 11.5 Å². The van der Waals surface area contributed by atoms with Gasteiger partial charge in [-0.2, -0.15) is 0 Å². The van der Waals surface area contributed by atoms with E-state index in [1.54, 1.807) is 12.1 Å². The van der Waals surface area contributed by atoms with Crippen LogP contribution in [-0.4, -0.2) is 24.9 Å². The number of hydrogen-bond acceptors (Lipinski definition) is 3. The van der Waals surface area contributed by atoms with Gasteiger partial charge in [-0.15, -0.1) is 0 Å². The monoisotopic (exact) mass is 490 g/mol. The Balaban J connectivity index is 1.38. The van der Waals surface area contributed by atoms with Crippen LogP contribution < -0.4 is 15.4 Å². The van der Waals surface area contributed by atoms with Gasteiger partial charge in [0.25, 0.3) is 5.91 Å². The van der Waals surface area contributed by atoms with E-state index in [0.717, 1.165) is 24.0 Å². The molecule has 0 aromatic heterocycles. The van der Waals surface area contributed by atoms with Crippen molar-refractivity contribution in [2.75, 3.05) is 13.1 Å². The first-order valence-corrected chi connectivity index (χ1v) is 12.7. The zero-order chi connectivity index (χ0) is 25.5. The van der Waals surface area contributed by atoms with E-state index in [-0.39, 0.29) is 11.8 Å². The maximum absolute atomic E-state index is 14.1. The maximum Gasteiger partial charge on any atom is 0.251 e. The fourth-order valence-electron chi connectivity index (χ4n) is 5.10. The van der Waals surface area contributed by atoms with Gasteiger partial charge in [-0.1, -0.05) is 84.9 Å². The molecule has 4 aromatic rings. The molecular formula is C32H30N2O3. The highest BCUT2D eigenvalue weighted by Crippen LogP contribution is 2.50. The van der Waals surface area contributed by atoms with Crippen molar-refractivity contribution in [3.63, 3.8) is 0 Å². The van der Waals surface area contributed by atoms with E-state index in [1.165, 1.54) is 5.56 Å². The minimum Gasteiger partial charge on any atom is -0.457 e. The lowest BCUT2D eigenvalue weighted by Crippen LogP contribution is -2.48. The van der Waals surface area contributed by atoms with Gasteiger partial charge in [0, 0.05) is 29.8 Å². The number of hydrogen-bond donors (Lipinski definition) is 2. The van der Waals surface area contributed by atoms with Gasteiger partial charge in [-0.05, 0) is 49.1 Å². The van der Waals surface area contributed by atoms with Gasteiger partial charge in [0.2, 0.25) is 5.91 Å². The van der Waals surface area contributed by atoms with Gasteiger partial charge >= 0.3 is 0 Å². The minimum atomic E-state index is -0.899. The lowest BCUT2D eigenvalue weighted by Gasteiger charge is -2.39. The normalized spacial score (nSPS) is 13.0. The first kappa shape index (κ1) is 24.3. The molecule has 5 nitrogen and oxygen atoms in total. The number of nitrogens with one attached hydrogen (secondary N) is 2. The van der Waals surface area contributed by atoms with E-state index >= 15 is 0 Å². The summed E-state index contributed by atoms with van der Waals surface area (Å²) in [4.78, 5) is 26.5. The Bertz CT molecular complexity index is 1320. The zero-order valence-electron chi connectivity index (χ0n) is 20.7. The lowest BCUT2D eigenvalue weighted by atomic mass is 9.68. The third-order valence-corrected chi connectivity index (χ3v) is 6.89. The topological polar surface area (TPSA) is 67.4 Å². The predicted octanol–water partition coefficient (Wildman–Crippen LogP) is 5.65. The van der Waals surface area contributed by atoms with Crippen LogP contribution in [0.4, 0.5) is 0 Å². The first-order valence-electron chi connectivity index (χ1n) is 12.7. The Hall–Kier alpha value is -4.38. The van der Waals surface area contributed by atoms with Crippen LogP contribution >= 0.6 is 0 Å². The van der Waals surface area contributed by atoms with Crippen molar-refractivity contribution in [3.05, 3.63) is 131 Å². The summed E-state index contributed by atoms with van der Waals surface area (Å²) < 4.78 is 6.22. The summed E-state index contributed by atoms with van der Waals surface area (Å²) in [6, 6.07) is 35.0. The Morgan fingerprint density at radius 3 is 1.84 bits per heavy atom. The summed E-state index contributed by atoms with van der Waals surface area (Å²) in [5.41, 5.74) is 2.68. The molecule has 0 spiro atoms. The Labute approximate surface area is 217 Å². The molecule has 4 aromatic carbocycles. The summed E-state index contributed by atoms with van der Waals surface area (Å²) in [7, 11) is 0. The summed E-state index contributed by atoms with van der Waals surface area (Å²) in [6.45, 7) is 0.655. The molecule has 0 atom stereocenters. The highest BCUT2D eigenvalue weighted by molar-refractivity contribution is 5.95. The molecule has 0 fully saturated rings. The van der Waals surface area contributed by atoms with Crippen molar-refractivity contribution in [1.29, 1.82) is 0 Å². The molecule has 0 saturated heterocycles. The molecule has 1 aliphatic heterocycles. The molecule has 37 heavy (non-hydrogen) atoms. The van der Waals surface area contributed by atoms with Crippen LogP contribution in [0.3, 0.4) is 0 Å². The second-order valence-electron chi connectivity index (χ2n) is 9.22. The molecule has 1 aliphatic rings. The van der Waals surface area contributed by atoms with Crippen LogP contribution in [0.15, 0.2) is 109 Å². The second kappa shape index (κ2) is 11.1. The van der Waals surface area contributed by atoms with Crippen LogP contribution in [0.1, 0.15) is 39.9 Å². The van der Waals surface area contributed by atoms with Crippen LogP contribution in [0.25, 0.3) is 0 Å². The van der Waals surface area contributed by atoms with Gasteiger partial charge in [0.05, 0.1) is 0 Å². The summed E-state index contributed by atoms with van der Waals surface area (Å²) in [5, 5.41) is 6.02. The molecule has 0 saturated carbocycles. The van der Waals surface area contributed by atoms with Crippen LogP contribution in [-0.2, 0) is 16.6 Å². The average molecular weight is 491 g/mol. The number of ether oxygens (including phenoxy) is 1. The maximum atomic E-state index is 14.1. The van der Waals surface area contributed by atoms with Gasteiger partial charge in [0.1, 0.15) is 16.9 Å². The van der Waals surface area contributed by atoms with Gasteiger partial charge in [-0.3, -0.25) is 9.59 Å². The van der Waals surface area contributed by atoms with Crippen molar-refractivity contribution < 1.29 is 14.3 Å². The number of amides is 2. The van der Waals surface area contributed by atoms with Crippen molar-refractivity contribution in [1.82, 2.24) is 10.6 Å². The van der Waals surface area contributed by atoms with E-state index in [4.69, 9.17) is 4.74 Å². The first-order chi connectivity index (χ1) is 18.2. The van der Waals surface area contributed by atoms with E-state index in [0.29, 0.717) is 36.6 Å². The lowest BCUT2D eigenvalue weighted by molar-refractivity contribution is -0.125. The van der Waals surface area contributed by atoms with E-state index < -0.39 is 5.41 Å². The number of rotatable bonds is 9.